The molecule has 3 rings (SSSR count). The highest BCUT2D eigenvalue weighted by molar-refractivity contribution is 8.18. The minimum Gasteiger partial charge on any atom is -0.493 e. The Labute approximate surface area is 169 Å². The fourth-order valence-electron chi connectivity index (χ4n) is 2.71. The van der Waals surface area contributed by atoms with Crippen LogP contribution in [0.25, 0.3) is 6.08 Å². The molecule has 0 bridgehead atoms. The predicted octanol–water partition coefficient (Wildman–Crippen LogP) is 3.99. The van der Waals surface area contributed by atoms with Crippen LogP contribution in [0, 0.1) is 15.9 Å². The second-order valence-electron chi connectivity index (χ2n) is 5.92. The normalized spacial score (nSPS) is 15.1. The van der Waals surface area contributed by atoms with Crippen molar-refractivity contribution >= 4 is 34.7 Å². The lowest BCUT2D eigenvalue weighted by atomic mass is 10.1. The van der Waals surface area contributed by atoms with Crippen molar-refractivity contribution in [1.29, 1.82) is 0 Å². The number of thioether (sulfide) groups is 1. The number of imide groups is 1. The Balaban J connectivity index is 1.94. The molecule has 2 aromatic rings. The Kier molecular flexibility index (Phi) is 5.83. The van der Waals surface area contributed by atoms with Gasteiger partial charge in [0.15, 0.2) is 11.5 Å². The monoisotopic (exact) mass is 418 g/mol. The largest absolute Gasteiger partial charge is 0.493 e. The lowest BCUT2D eigenvalue weighted by molar-refractivity contribution is -0.385. The third-order valence-corrected chi connectivity index (χ3v) is 5.05. The van der Waals surface area contributed by atoms with Gasteiger partial charge in [-0.2, -0.15) is 0 Å². The number of hydrogen-bond donors (Lipinski definition) is 0. The molecule has 0 aromatic heterocycles. The Morgan fingerprint density at radius 2 is 1.76 bits per heavy atom. The van der Waals surface area contributed by atoms with Gasteiger partial charge in [0.25, 0.3) is 16.8 Å². The molecule has 150 valence electrons. The molecular formula is C19H15FN2O6S. The van der Waals surface area contributed by atoms with Crippen LogP contribution in [-0.2, 0) is 11.3 Å². The number of methoxy groups -OCH3 is 2. The minimum absolute atomic E-state index is 0.0314. The maximum absolute atomic E-state index is 13.0. The second kappa shape index (κ2) is 8.31. The first kappa shape index (κ1) is 20.3. The SMILES string of the molecule is COc1cc(/C=C2/SC(=O)N(Cc3ccc(F)cc3)C2=O)c([N+](=O)[O-])cc1OC. The number of carbonyl (C=O) groups excluding carboxylic acids is 2. The van der Waals surface area contributed by atoms with E-state index < -0.39 is 21.9 Å². The molecule has 0 aliphatic carbocycles. The fraction of sp³-hybridized carbons (Fsp3) is 0.158. The molecule has 8 nitrogen and oxygen atoms in total. The highest BCUT2D eigenvalue weighted by Gasteiger charge is 2.35. The molecule has 29 heavy (non-hydrogen) atoms. The maximum Gasteiger partial charge on any atom is 0.293 e. The molecule has 10 heteroatoms. The summed E-state index contributed by atoms with van der Waals surface area (Å²) < 4.78 is 23.3. The molecule has 1 aliphatic heterocycles. The first-order valence-corrected chi connectivity index (χ1v) is 9.06. The average Bonchev–Trinajstić information content (AvgIpc) is 2.96. The molecule has 0 N–H and O–H groups in total. The first-order chi connectivity index (χ1) is 13.8. The van der Waals surface area contributed by atoms with Crippen LogP contribution in [0.1, 0.15) is 11.1 Å². The Morgan fingerprint density at radius 3 is 2.34 bits per heavy atom. The number of rotatable bonds is 6. The third-order valence-electron chi connectivity index (χ3n) is 4.14. The van der Waals surface area contributed by atoms with Crippen LogP contribution < -0.4 is 9.47 Å². The molecule has 1 aliphatic rings. The molecule has 1 saturated heterocycles. The summed E-state index contributed by atoms with van der Waals surface area (Å²) in [4.78, 5) is 36.8. The van der Waals surface area contributed by atoms with Gasteiger partial charge in [-0.15, -0.1) is 0 Å². The smallest absolute Gasteiger partial charge is 0.293 e. The summed E-state index contributed by atoms with van der Waals surface area (Å²) in [6.07, 6.45) is 1.27. The Hall–Kier alpha value is -3.40. The zero-order valence-corrected chi connectivity index (χ0v) is 16.2. The van der Waals surface area contributed by atoms with E-state index in [0.29, 0.717) is 17.3 Å². The van der Waals surface area contributed by atoms with Gasteiger partial charge in [-0.25, -0.2) is 4.39 Å². The van der Waals surface area contributed by atoms with Crippen molar-refractivity contribution in [2.24, 2.45) is 0 Å². The molecule has 0 atom stereocenters. The van der Waals surface area contributed by atoms with Gasteiger partial charge in [-0.1, -0.05) is 12.1 Å². The number of halogens is 1. The van der Waals surface area contributed by atoms with Crippen LogP contribution in [0.4, 0.5) is 14.9 Å². The maximum atomic E-state index is 13.0. The zero-order chi connectivity index (χ0) is 21.1. The van der Waals surface area contributed by atoms with Crippen molar-refractivity contribution in [3.8, 4) is 11.5 Å². The molecule has 0 spiro atoms. The summed E-state index contributed by atoms with van der Waals surface area (Å²) in [6, 6.07) is 7.97. The van der Waals surface area contributed by atoms with Crippen molar-refractivity contribution in [3.05, 3.63) is 68.4 Å². The highest BCUT2D eigenvalue weighted by Crippen LogP contribution is 2.39. The highest BCUT2D eigenvalue weighted by atomic mass is 32.2. The average molecular weight is 418 g/mol. The van der Waals surface area contributed by atoms with E-state index in [9.17, 15) is 24.1 Å². The number of benzene rings is 2. The molecule has 1 fully saturated rings. The number of nitrogens with zero attached hydrogens (tertiary/aromatic N) is 2. The van der Waals surface area contributed by atoms with Gasteiger partial charge >= 0.3 is 0 Å². The van der Waals surface area contributed by atoms with Crippen LogP contribution in [0.5, 0.6) is 11.5 Å². The van der Waals surface area contributed by atoms with Gasteiger partial charge in [0.1, 0.15) is 5.82 Å². The van der Waals surface area contributed by atoms with Gasteiger partial charge in [-0.3, -0.25) is 24.6 Å². The zero-order valence-electron chi connectivity index (χ0n) is 15.4. The van der Waals surface area contributed by atoms with Gasteiger partial charge in [-0.05, 0) is 41.6 Å². The van der Waals surface area contributed by atoms with E-state index in [0.717, 1.165) is 4.90 Å². The number of amides is 2. The van der Waals surface area contributed by atoms with Crippen LogP contribution in [-0.4, -0.2) is 35.2 Å². The van der Waals surface area contributed by atoms with Gasteiger partial charge in [0, 0.05) is 0 Å². The van der Waals surface area contributed by atoms with Crippen molar-refractivity contribution in [1.82, 2.24) is 4.90 Å². The third kappa shape index (κ3) is 4.21. The summed E-state index contributed by atoms with van der Waals surface area (Å²) >= 11 is 0.673. The standard InChI is InChI=1S/C19H15FN2O6S/c1-27-15-7-12(14(22(25)26)9-16(15)28-2)8-17-18(23)21(19(24)29-17)10-11-3-5-13(20)6-4-11/h3-9H,10H2,1-2H3/b17-8+. The summed E-state index contributed by atoms with van der Waals surface area (Å²) in [5, 5.41) is 10.9. The van der Waals surface area contributed by atoms with Crippen LogP contribution >= 0.6 is 11.8 Å². The van der Waals surface area contributed by atoms with Crippen molar-refractivity contribution in [3.63, 3.8) is 0 Å². The fourth-order valence-corrected chi connectivity index (χ4v) is 3.54. The van der Waals surface area contributed by atoms with Gasteiger partial charge in [0.2, 0.25) is 0 Å². The van der Waals surface area contributed by atoms with E-state index in [2.05, 4.69) is 0 Å². The Bertz CT molecular complexity index is 1020. The van der Waals surface area contributed by atoms with Crippen molar-refractivity contribution in [2.45, 2.75) is 6.54 Å². The first-order valence-electron chi connectivity index (χ1n) is 8.24. The van der Waals surface area contributed by atoms with Crippen LogP contribution in [0.15, 0.2) is 41.3 Å². The van der Waals surface area contributed by atoms with E-state index in [-0.39, 0.29) is 34.2 Å². The number of ether oxygens (including phenoxy) is 2. The molecule has 0 radical (unpaired) electrons. The van der Waals surface area contributed by atoms with Gasteiger partial charge < -0.3 is 9.47 Å². The summed E-state index contributed by atoms with van der Waals surface area (Å²) in [7, 11) is 2.73. The van der Waals surface area contributed by atoms with E-state index in [1.807, 2.05) is 0 Å². The van der Waals surface area contributed by atoms with Gasteiger partial charge in [0.05, 0.1) is 42.2 Å². The van der Waals surface area contributed by atoms with Crippen LogP contribution in [0.3, 0.4) is 0 Å². The van der Waals surface area contributed by atoms with E-state index >= 15 is 0 Å². The molecule has 2 amide bonds. The van der Waals surface area contributed by atoms with Crippen LogP contribution in [0.2, 0.25) is 0 Å². The van der Waals surface area contributed by atoms with E-state index in [4.69, 9.17) is 9.47 Å². The number of nitro groups is 1. The summed E-state index contributed by atoms with van der Waals surface area (Å²) in [5.41, 5.74) is 0.375. The van der Waals surface area contributed by atoms with Crippen molar-refractivity contribution < 1.29 is 28.4 Å². The lowest BCUT2D eigenvalue weighted by Crippen LogP contribution is -2.27. The topological polar surface area (TPSA) is 99.0 Å². The summed E-state index contributed by atoms with van der Waals surface area (Å²) in [5.74, 6) is -0.604. The molecule has 0 unspecified atom stereocenters. The molecule has 0 saturated carbocycles. The Morgan fingerprint density at radius 1 is 1.14 bits per heavy atom. The number of carbonyl (C=O) groups is 2. The molecular weight excluding hydrogens is 403 g/mol. The number of nitro benzene ring substituents is 1. The van der Waals surface area contributed by atoms with E-state index in [1.165, 1.54) is 56.7 Å². The number of hydrogen-bond acceptors (Lipinski definition) is 7. The molecule has 2 aromatic carbocycles. The second-order valence-corrected chi connectivity index (χ2v) is 6.91. The van der Waals surface area contributed by atoms with E-state index in [1.54, 1.807) is 0 Å². The predicted molar refractivity (Wildman–Crippen MR) is 104 cm³/mol. The molecule has 1 heterocycles. The minimum atomic E-state index is -0.615. The summed E-state index contributed by atoms with van der Waals surface area (Å²) in [6.45, 7) is -0.0314. The lowest BCUT2D eigenvalue weighted by Gasteiger charge is -2.12. The van der Waals surface area contributed by atoms with Crippen molar-refractivity contribution in [2.75, 3.05) is 14.2 Å². The quantitative estimate of drug-likeness (QED) is 0.397.